The Kier molecular flexibility index (Phi) is 3.97. The molecular weight excluding hydrogens is 328 g/mol. The Hall–Kier alpha value is -1.81. The molecule has 1 atom stereocenters. The lowest BCUT2D eigenvalue weighted by Crippen LogP contribution is -2.31. The fraction of sp³-hybridized carbons (Fsp3) is 0.235. The van der Waals surface area contributed by atoms with Crippen molar-refractivity contribution < 1.29 is 4.79 Å². The average molecular weight is 345 g/mol. The van der Waals surface area contributed by atoms with E-state index in [9.17, 15) is 4.79 Å². The fourth-order valence-corrected chi connectivity index (χ4v) is 3.40. The lowest BCUT2D eigenvalue weighted by Gasteiger charge is -2.26. The third-order valence-corrected chi connectivity index (χ3v) is 4.31. The maximum atomic E-state index is 12.4. The van der Waals surface area contributed by atoms with Crippen molar-refractivity contribution in [2.45, 2.75) is 25.3 Å². The highest BCUT2D eigenvalue weighted by Crippen LogP contribution is 2.29. The van der Waals surface area contributed by atoms with E-state index in [0.29, 0.717) is 11.3 Å². The Bertz CT molecular complexity index is 664. The normalized spacial score (nSPS) is 17.1. The molecule has 4 heteroatoms. The molecule has 2 aromatic rings. The molecule has 0 saturated carbocycles. The molecule has 0 aliphatic heterocycles. The number of nitrogen functional groups attached to an aromatic ring is 1. The predicted octanol–water partition coefficient (Wildman–Crippen LogP) is 3.84. The van der Waals surface area contributed by atoms with Crippen LogP contribution in [0, 0.1) is 0 Å². The first-order valence-electron chi connectivity index (χ1n) is 7.08. The molecule has 0 aromatic heterocycles. The number of carbonyl (C=O) groups is 1. The first-order valence-corrected chi connectivity index (χ1v) is 7.87. The topological polar surface area (TPSA) is 55.1 Å². The highest BCUT2D eigenvalue weighted by molar-refractivity contribution is 9.10. The van der Waals surface area contributed by atoms with Crippen molar-refractivity contribution in [1.82, 2.24) is 5.32 Å². The smallest absolute Gasteiger partial charge is 0.251 e. The third-order valence-electron chi connectivity index (χ3n) is 3.86. The second-order valence-electron chi connectivity index (χ2n) is 5.39. The summed E-state index contributed by atoms with van der Waals surface area (Å²) in [5, 5.41) is 3.13. The minimum Gasteiger partial charge on any atom is -0.399 e. The molecule has 3 N–H and O–H groups in total. The number of hydrogen-bond acceptors (Lipinski definition) is 2. The van der Waals surface area contributed by atoms with Crippen molar-refractivity contribution in [1.29, 1.82) is 0 Å². The number of hydrogen-bond donors (Lipinski definition) is 2. The summed E-state index contributed by atoms with van der Waals surface area (Å²) in [7, 11) is 0. The highest BCUT2D eigenvalue weighted by atomic mass is 79.9. The van der Waals surface area contributed by atoms with Crippen LogP contribution in [0.2, 0.25) is 0 Å². The lowest BCUT2D eigenvalue weighted by molar-refractivity contribution is 0.0932. The summed E-state index contributed by atoms with van der Waals surface area (Å²) < 4.78 is 0.816. The number of carbonyl (C=O) groups excluding carboxylic acids is 1. The van der Waals surface area contributed by atoms with E-state index in [-0.39, 0.29) is 11.9 Å². The van der Waals surface area contributed by atoms with Crippen molar-refractivity contribution in [3.05, 3.63) is 63.6 Å². The van der Waals surface area contributed by atoms with Crippen LogP contribution in [0.1, 0.15) is 40.4 Å². The molecule has 1 unspecified atom stereocenters. The number of aryl methyl sites for hydroxylation is 1. The van der Waals surface area contributed by atoms with Gasteiger partial charge < -0.3 is 11.1 Å². The zero-order chi connectivity index (χ0) is 14.8. The number of rotatable bonds is 2. The summed E-state index contributed by atoms with van der Waals surface area (Å²) in [5.41, 5.74) is 9.54. The van der Waals surface area contributed by atoms with Gasteiger partial charge in [0, 0.05) is 15.7 Å². The van der Waals surface area contributed by atoms with Crippen molar-refractivity contribution in [2.75, 3.05) is 5.73 Å². The minimum atomic E-state index is -0.0790. The van der Waals surface area contributed by atoms with Gasteiger partial charge in [-0.05, 0) is 48.6 Å². The third kappa shape index (κ3) is 3.10. The van der Waals surface area contributed by atoms with Gasteiger partial charge in [-0.25, -0.2) is 0 Å². The Morgan fingerprint density at radius 1 is 1.24 bits per heavy atom. The molecular formula is C17H17BrN2O. The number of benzene rings is 2. The van der Waals surface area contributed by atoms with E-state index in [0.717, 1.165) is 23.7 Å². The van der Waals surface area contributed by atoms with E-state index in [1.165, 1.54) is 11.1 Å². The first kappa shape index (κ1) is 14.1. The summed E-state index contributed by atoms with van der Waals surface area (Å²) in [4.78, 5) is 12.4. The van der Waals surface area contributed by atoms with Gasteiger partial charge in [-0.1, -0.05) is 40.2 Å². The van der Waals surface area contributed by atoms with Crippen LogP contribution in [0.15, 0.2) is 46.9 Å². The molecule has 2 aromatic carbocycles. The van der Waals surface area contributed by atoms with Gasteiger partial charge in [0.1, 0.15) is 0 Å². The van der Waals surface area contributed by atoms with Crippen molar-refractivity contribution in [3.63, 3.8) is 0 Å². The first-order chi connectivity index (χ1) is 10.1. The molecule has 3 nitrogen and oxygen atoms in total. The van der Waals surface area contributed by atoms with Gasteiger partial charge in [0.05, 0.1) is 6.04 Å². The summed E-state index contributed by atoms with van der Waals surface area (Å²) in [6, 6.07) is 13.7. The van der Waals surface area contributed by atoms with Crippen LogP contribution in [0.25, 0.3) is 0 Å². The van der Waals surface area contributed by atoms with Gasteiger partial charge in [-0.2, -0.15) is 0 Å². The SMILES string of the molecule is Nc1cc(Br)cc(C(=O)NC2CCCc3ccccc32)c1. The van der Waals surface area contributed by atoms with Gasteiger partial charge in [0.2, 0.25) is 0 Å². The van der Waals surface area contributed by atoms with E-state index in [4.69, 9.17) is 5.73 Å². The van der Waals surface area contributed by atoms with Gasteiger partial charge in [-0.3, -0.25) is 4.79 Å². The van der Waals surface area contributed by atoms with Crippen LogP contribution < -0.4 is 11.1 Å². The second-order valence-corrected chi connectivity index (χ2v) is 6.31. The lowest BCUT2D eigenvalue weighted by atomic mass is 9.87. The van der Waals surface area contributed by atoms with E-state index >= 15 is 0 Å². The van der Waals surface area contributed by atoms with Gasteiger partial charge in [-0.15, -0.1) is 0 Å². The molecule has 0 heterocycles. The molecule has 21 heavy (non-hydrogen) atoms. The zero-order valence-corrected chi connectivity index (χ0v) is 13.2. The zero-order valence-electron chi connectivity index (χ0n) is 11.6. The minimum absolute atomic E-state index is 0.0790. The number of nitrogens with one attached hydrogen (secondary N) is 1. The largest absolute Gasteiger partial charge is 0.399 e. The number of fused-ring (bicyclic) bond motifs is 1. The van der Waals surface area contributed by atoms with Crippen LogP contribution in [-0.2, 0) is 6.42 Å². The summed E-state index contributed by atoms with van der Waals surface area (Å²) >= 11 is 3.37. The van der Waals surface area contributed by atoms with Crippen LogP contribution in [0.3, 0.4) is 0 Å². The van der Waals surface area contributed by atoms with E-state index in [2.05, 4.69) is 39.4 Å². The molecule has 108 valence electrons. The number of nitrogens with two attached hydrogens (primary N) is 1. The second kappa shape index (κ2) is 5.90. The molecule has 1 aliphatic carbocycles. The Labute approximate surface area is 132 Å². The molecule has 1 aliphatic rings. The standard InChI is InChI=1S/C17H17BrN2O/c18-13-8-12(9-14(19)10-13)17(21)20-16-7-3-5-11-4-1-2-6-15(11)16/h1-2,4,6,8-10,16H,3,5,7,19H2,(H,20,21). The number of halogens is 1. The Morgan fingerprint density at radius 3 is 2.86 bits per heavy atom. The highest BCUT2D eigenvalue weighted by Gasteiger charge is 2.22. The molecule has 0 radical (unpaired) electrons. The summed E-state index contributed by atoms with van der Waals surface area (Å²) in [6.45, 7) is 0. The molecule has 0 spiro atoms. The van der Waals surface area contributed by atoms with Crippen LogP contribution >= 0.6 is 15.9 Å². The summed E-state index contributed by atoms with van der Waals surface area (Å²) in [5.74, 6) is -0.0790. The van der Waals surface area contributed by atoms with Gasteiger partial charge in [0.15, 0.2) is 0 Å². The van der Waals surface area contributed by atoms with Crippen LogP contribution in [0.4, 0.5) is 5.69 Å². The maximum Gasteiger partial charge on any atom is 0.251 e. The van der Waals surface area contributed by atoms with E-state index in [1.807, 2.05) is 6.07 Å². The number of amides is 1. The Balaban J connectivity index is 1.82. The van der Waals surface area contributed by atoms with Crippen molar-refractivity contribution >= 4 is 27.5 Å². The fourth-order valence-electron chi connectivity index (χ4n) is 2.89. The van der Waals surface area contributed by atoms with Gasteiger partial charge in [0.25, 0.3) is 5.91 Å². The summed E-state index contributed by atoms with van der Waals surface area (Å²) in [6.07, 6.45) is 3.17. The van der Waals surface area contributed by atoms with Crippen LogP contribution in [-0.4, -0.2) is 5.91 Å². The van der Waals surface area contributed by atoms with Crippen LogP contribution in [0.5, 0.6) is 0 Å². The molecule has 1 amide bonds. The monoisotopic (exact) mass is 344 g/mol. The van der Waals surface area contributed by atoms with Gasteiger partial charge >= 0.3 is 0 Å². The number of anilines is 1. The predicted molar refractivity (Wildman–Crippen MR) is 88.1 cm³/mol. The maximum absolute atomic E-state index is 12.4. The van der Waals surface area contributed by atoms with E-state index in [1.54, 1.807) is 18.2 Å². The van der Waals surface area contributed by atoms with E-state index < -0.39 is 0 Å². The molecule has 3 rings (SSSR count). The van der Waals surface area contributed by atoms with Crippen molar-refractivity contribution in [2.24, 2.45) is 0 Å². The quantitative estimate of drug-likeness (QED) is 0.813. The molecule has 0 saturated heterocycles. The average Bonchev–Trinajstić information content (AvgIpc) is 2.46. The molecule has 0 bridgehead atoms. The Morgan fingerprint density at radius 2 is 2.05 bits per heavy atom. The van der Waals surface area contributed by atoms with Crippen molar-refractivity contribution in [3.8, 4) is 0 Å². The molecule has 0 fully saturated rings.